The summed E-state index contributed by atoms with van der Waals surface area (Å²) in [4.78, 5) is 22.3. The van der Waals surface area contributed by atoms with Gasteiger partial charge in [0.15, 0.2) is 0 Å². The molecule has 1 unspecified atom stereocenters. The van der Waals surface area contributed by atoms with E-state index >= 15 is 0 Å². The van der Waals surface area contributed by atoms with Gasteiger partial charge >= 0.3 is 0 Å². The van der Waals surface area contributed by atoms with Crippen molar-refractivity contribution in [3.8, 4) is 17.5 Å². The van der Waals surface area contributed by atoms with Gasteiger partial charge in [0, 0.05) is 25.2 Å². The lowest BCUT2D eigenvalue weighted by Gasteiger charge is -2.22. The number of likely N-dealkylation sites (N-methyl/N-ethyl adjacent to an activating group) is 1. The molecule has 0 radical (unpaired) electrons. The summed E-state index contributed by atoms with van der Waals surface area (Å²) in [6, 6.07) is 7.02. The summed E-state index contributed by atoms with van der Waals surface area (Å²) in [7, 11) is 4.08. The average molecular weight is 455 g/mol. The van der Waals surface area contributed by atoms with Gasteiger partial charge in [-0.25, -0.2) is 9.37 Å². The first-order chi connectivity index (χ1) is 15.2. The molecule has 1 aromatic carbocycles. The maximum atomic E-state index is 15.0. The summed E-state index contributed by atoms with van der Waals surface area (Å²) in [6.45, 7) is 5.36. The number of hydrogen-bond donors (Lipinski definition) is 1. The largest absolute Gasteiger partial charge is 0.380 e. The lowest BCUT2D eigenvalue weighted by molar-refractivity contribution is 0.181. The molecular formula is C24H27FN4O2S. The molecule has 0 aliphatic carbocycles. The number of nitrogens with zero attached hydrogens (tertiary/aromatic N) is 4. The van der Waals surface area contributed by atoms with Gasteiger partial charge in [0.05, 0.1) is 21.8 Å². The molecule has 1 N–H and O–H groups in total. The summed E-state index contributed by atoms with van der Waals surface area (Å²) in [5, 5.41) is 9.89. The highest BCUT2D eigenvalue weighted by atomic mass is 32.1. The summed E-state index contributed by atoms with van der Waals surface area (Å²) in [6.07, 6.45) is 1.69. The fourth-order valence-corrected chi connectivity index (χ4v) is 4.66. The van der Waals surface area contributed by atoms with Gasteiger partial charge < -0.3 is 14.9 Å². The Bertz CT molecular complexity index is 1250. The molecule has 3 heterocycles. The number of fused-ring (bicyclic) bond motifs is 1. The van der Waals surface area contributed by atoms with Crippen LogP contribution in [0.25, 0.3) is 15.9 Å². The number of aliphatic hydroxyl groups is 1. The third-order valence-electron chi connectivity index (χ3n) is 5.86. The molecule has 3 aromatic rings. The first-order valence-electron chi connectivity index (χ1n) is 10.7. The van der Waals surface area contributed by atoms with Gasteiger partial charge in [0.1, 0.15) is 22.9 Å². The van der Waals surface area contributed by atoms with Gasteiger partial charge in [-0.2, -0.15) is 0 Å². The van der Waals surface area contributed by atoms with Crippen LogP contribution in [-0.2, 0) is 0 Å². The number of hydrogen-bond acceptors (Lipinski definition) is 6. The second-order valence-corrected chi connectivity index (χ2v) is 9.74. The van der Waals surface area contributed by atoms with Gasteiger partial charge in [-0.1, -0.05) is 25.7 Å². The Labute approximate surface area is 190 Å². The van der Waals surface area contributed by atoms with Crippen molar-refractivity contribution in [3.63, 3.8) is 0 Å². The average Bonchev–Trinajstić information content (AvgIpc) is 3.40. The van der Waals surface area contributed by atoms with Gasteiger partial charge in [0.2, 0.25) is 0 Å². The lowest BCUT2D eigenvalue weighted by atomic mass is 10.1. The number of thiophene rings is 1. The summed E-state index contributed by atoms with van der Waals surface area (Å²) < 4.78 is 16.8. The van der Waals surface area contributed by atoms with E-state index in [1.807, 2.05) is 32.8 Å². The molecule has 2 aromatic heterocycles. The maximum absolute atomic E-state index is 15.0. The zero-order valence-corrected chi connectivity index (χ0v) is 19.5. The molecular weight excluding hydrogens is 427 g/mol. The topological polar surface area (TPSA) is 61.6 Å². The van der Waals surface area contributed by atoms with Crippen LogP contribution in [0.15, 0.2) is 35.4 Å². The highest BCUT2D eigenvalue weighted by molar-refractivity contribution is 7.19. The van der Waals surface area contributed by atoms with E-state index in [1.54, 1.807) is 18.2 Å². The summed E-state index contributed by atoms with van der Waals surface area (Å²) in [5.74, 6) is 5.39. The van der Waals surface area contributed by atoms with Gasteiger partial charge in [-0.05, 0) is 44.6 Å². The number of aliphatic hydroxyl groups excluding tert-OH is 1. The van der Waals surface area contributed by atoms with Crippen molar-refractivity contribution in [1.82, 2.24) is 14.5 Å². The first-order valence-corrected chi connectivity index (χ1v) is 11.5. The number of halogens is 1. The molecule has 0 spiro atoms. The van der Waals surface area contributed by atoms with Crippen molar-refractivity contribution in [2.45, 2.75) is 32.4 Å². The van der Waals surface area contributed by atoms with Crippen LogP contribution in [0, 0.1) is 23.6 Å². The van der Waals surface area contributed by atoms with Crippen molar-refractivity contribution >= 4 is 27.2 Å². The van der Waals surface area contributed by atoms with E-state index in [0.29, 0.717) is 32.5 Å². The van der Waals surface area contributed by atoms with Gasteiger partial charge in [-0.15, -0.1) is 11.3 Å². The molecule has 1 saturated heterocycles. The molecule has 0 bridgehead atoms. The summed E-state index contributed by atoms with van der Waals surface area (Å²) in [5.41, 5.74) is 1.27. The van der Waals surface area contributed by atoms with E-state index in [0.717, 1.165) is 19.5 Å². The standard InChI is InChI=1S/C24H27FN4O2S/c1-15(2)22(30)8-6-18-12-20-23(32-18)24(31)29(14-26-20)16-5-7-21(19(25)11-16)28-10-9-17(13-28)27(3)4/h5,7,11-12,14-15,17,22,30H,9-10,13H2,1-4H3/t17-,22?/m1/s1. The van der Waals surface area contributed by atoms with Crippen LogP contribution in [0.3, 0.4) is 0 Å². The molecule has 8 heteroatoms. The van der Waals surface area contributed by atoms with Crippen LogP contribution >= 0.6 is 11.3 Å². The van der Waals surface area contributed by atoms with E-state index < -0.39 is 6.10 Å². The molecule has 6 nitrogen and oxygen atoms in total. The maximum Gasteiger partial charge on any atom is 0.275 e. The molecule has 32 heavy (non-hydrogen) atoms. The van der Waals surface area contributed by atoms with E-state index in [9.17, 15) is 14.3 Å². The normalized spacial score (nSPS) is 17.2. The molecule has 1 aliphatic heterocycles. The minimum atomic E-state index is -0.727. The van der Waals surface area contributed by atoms with Crippen LogP contribution in [-0.4, -0.2) is 58.9 Å². The highest BCUT2D eigenvalue weighted by Gasteiger charge is 2.26. The monoisotopic (exact) mass is 454 g/mol. The Kier molecular flexibility index (Phi) is 6.33. The molecule has 168 valence electrons. The minimum absolute atomic E-state index is 0.0272. The van der Waals surface area contributed by atoms with Crippen molar-refractivity contribution in [2.75, 3.05) is 32.1 Å². The molecule has 2 atom stereocenters. The van der Waals surface area contributed by atoms with E-state index in [2.05, 4.69) is 21.7 Å². The quantitative estimate of drug-likeness (QED) is 0.614. The third kappa shape index (κ3) is 4.42. The number of benzene rings is 1. The Balaban J connectivity index is 1.63. The van der Waals surface area contributed by atoms with Crippen LogP contribution in [0.1, 0.15) is 25.1 Å². The fraction of sp³-hybridized carbons (Fsp3) is 0.417. The second kappa shape index (κ2) is 9.02. The molecule has 1 aliphatic rings. The molecule has 0 saturated carbocycles. The van der Waals surface area contributed by atoms with Gasteiger partial charge in [-0.3, -0.25) is 9.36 Å². The SMILES string of the molecule is CC(C)C(O)C#Cc1cc2ncn(-c3ccc(N4CC[C@@H](N(C)C)C4)c(F)c3)c(=O)c2s1. The number of anilines is 1. The molecule has 4 rings (SSSR count). The fourth-order valence-electron chi connectivity index (χ4n) is 3.75. The zero-order valence-electron chi connectivity index (χ0n) is 18.7. The van der Waals surface area contributed by atoms with Crippen LogP contribution in [0.5, 0.6) is 0 Å². The Morgan fingerprint density at radius 1 is 1.31 bits per heavy atom. The van der Waals surface area contributed by atoms with Crippen LogP contribution < -0.4 is 10.5 Å². The Morgan fingerprint density at radius 3 is 2.75 bits per heavy atom. The van der Waals surface area contributed by atoms with Crippen molar-refractivity contribution in [1.29, 1.82) is 0 Å². The number of aromatic nitrogens is 2. The predicted octanol–water partition coefficient (Wildman–Crippen LogP) is 3.10. The van der Waals surface area contributed by atoms with E-state index in [1.165, 1.54) is 28.3 Å². The molecule has 1 fully saturated rings. The van der Waals surface area contributed by atoms with Crippen LogP contribution in [0.4, 0.5) is 10.1 Å². The summed E-state index contributed by atoms with van der Waals surface area (Å²) >= 11 is 1.23. The van der Waals surface area contributed by atoms with Crippen molar-refractivity contribution in [3.05, 3.63) is 51.6 Å². The van der Waals surface area contributed by atoms with Gasteiger partial charge in [0.25, 0.3) is 5.56 Å². The Hall–Kier alpha value is -2.73. The molecule has 0 amide bonds. The van der Waals surface area contributed by atoms with Crippen LogP contribution in [0.2, 0.25) is 0 Å². The first kappa shape index (κ1) is 22.5. The zero-order chi connectivity index (χ0) is 23.0. The Morgan fingerprint density at radius 2 is 2.09 bits per heavy atom. The number of rotatable bonds is 4. The highest BCUT2D eigenvalue weighted by Crippen LogP contribution is 2.27. The van der Waals surface area contributed by atoms with Crippen molar-refractivity contribution in [2.24, 2.45) is 5.92 Å². The van der Waals surface area contributed by atoms with E-state index in [-0.39, 0.29) is 17.3 Å². The van der Waals surface area contributed by atoms with Crippen molar-refractivity contribution < 1.29 is 9.50 Å². The second-order valence-electron chi connectivity index (χ2n) is 8.69. The predicted molar refractivity (Wildman–Crippen MR) is 127 cm³/mol. The minimum Gasteiger partial charge on any atom is -0.380 e. The lowest BCUT2D eigenvalue weighted by Crippen LogP contribution is -2.31. The third-order valence-corrected chi connectivity index (χ3v) is 6.88. The van der Waals surface area contributed by atoms with E-state index in [4.69, 9.17) is 0 Å². The smallest absolute Gasteiger partial charge is 0.275 e.